The molecule has 162 valence electrons. The third kappa shape index (κ3) is 5.15. The fraction of sp³-hybridized carbons (Fsp3) is 0.261. The number of anilines is 1. The van der Waals surface area contributed by atoms with Gasteiger partial charge in [0.05, 0.1) is 13.6 Å². The monoisotopic (exact) mass is 439 g/mol. The van der Waals surface area contributed by atoms with Gasteiger partial charge in [0, 0.05) is 17.5 Å². The molecule has 0 amide bonds. The van der Waals surface area contributed by atoms with Gasteiger partial charge in [0.25, 0.3) is 5.56 Å². The van der Waals surface area contributed by atoms with E-state index in [0.717, 1.165) is 20.6 Å². The summed E-state index contributed by atoms with van der Waals surface area (Å²) in [6.45, 7) is 0.905. The van der Waals surface area contributed by atoms with Crippen LogP contribution >= 0.6 is 11.8 Å². The van der Waals surface area contributed by atoms with Gasteiger partial charge in [0.2, 0.25) is 5.78 Å². The topological polar surface area (TPSA) is 91.5 Å². The van der Waals surface area contributed by atoms with Gasteiger partial charge in [-0.15, -0.1) is 11.8 Å². The maximum atomic E-state index is 13.0. The molecule has 0 spiro atoms. The lowest BCUT2D eigenvalue weighted by molar-refractivity contribution is -0.884. The molecule has 0 fully saturated rings. The number of carbonyl (C=O) groups excluding carboxylic acids is 1. The number of Topliss-reactive ketones (excluding diaryl/α,β-unsaturated/α-hetero) is 1. The maximum Gasteiger partial charge on any atom is 0.332 e. The number of ketones is 1. The number of carbonyl (C=O) groups is 1. The number of benzene rings is 2. The number of hydrogen-bond acceptors (Lipinski definition) is 5. The van der Waals surface area contributed by atoms with E-state index in [1.54, 1.807) is 11.8 Å². The van der Waals surface area contributed by atoms with Crippen LogP contribution in [0.4, 0.5) is 5.82 Å². The van der Waals surface area contributed by atoms with Crippen molar-refractivity contribution in [3.8, 4) is 0 Å². The fourth-order valence-corrected chi connectivity index (χ4v) is 3.89. The highest BCUT2D eigenvalue weighted by Crippen LogP contribution is 2.14. The SMILES string of the molecule is CSc1ccc(C[NH+](C)CC(=O)c2c(N)n(Cc3ccccc3)c(=O)n(C)c2=O)cc1. The van der Waals surface area contributed by atoms with Crippen LogP contribution in [0, 0.1) is 0 Å². The molecule has 1 atom stereocenters. The molecular weight excluding hydrogens is 412 g/mol. The average Bonchev–Trinajstić information content (AvgIpc) is 2.76. The molecule has 0 saturated carbocycles. The first kappa shape index (κ1) is 22.6. The quantitative estimate of drug-likeness (QED) is 0.400. The van der Waals surface area contributed by atoms with Crippen LogP contribution in [0.25, 0.3) is 0 Å². The van der Waals surface area contributed by atoms with Crippen LogP contribution in [0.15, 0.2) is 69.1 Å². The van der Waals surface area contributed by atoms with Gasteiger partial charge in [-0.1, -0.05) is 42.5 Å². The number of quaternary nitrogens is 1. The van der Waals surface area contributed by atoms with Gasteiger partial charge >= 0.3 is 5.69 Å². The maximum absolute atomic E-state index is 13.0. The van der Waals surface area contributed by atoms with Crippen molar-refractivity contribution in [2.24, 2.45) is 7.05 Å². The second kappa shape index (κ2) is 9.80. The molecule has 0 radical (unpaired) electrons. The third-order valence-corrected chi connectivity index (χ3v) is 5.92. The van der Waals surface area contributed by atoms with Crippen LogP contribution in [0.1, 0.15) is 21.5 Å². The lowest BCUT2D eigenvalue weighted by Crippen LogP contribution is -3.08. The van der Waals surface area contributed by atoms with Gasteiger partial charge in [-0.2, -0.15) is 0 Å². The Labute approximate surface area is 185 Å². The highest BCUT2D eigenvalue weighted by atomic mass is 32.2. The minimum Gasteiger partial charge on any atom is -0.384 e. The molecule has 31 heavy (non-hydrogen) atoms. The smallest absolute Gasteiger partial charge is 0.332 e. The summed E-state index contributed by atoms with van der Waals surface area (Å²) in [6.07, 6.45) is 2.02. The van der Waals surface area contributed by atoms with E-state index in [4.69, 9.17) is 5.73 Å². The summed E-state index contributed by atoms with van der Waals surface area (Å²) in [5.41, 5.74) is 6.80. The zero-order chi connectivity index (χ0) is 22.5. The van der Waals surface area contributed by atoms with E-state index in [0.29, 0.717) is 6.54 Å². The molecule has 1 unspecified atom stereocenters. The Morgan fingerprint density at radius 2 is 1.68 bits per heavy atom. The standard InChI is InChI=1S/C23H26N4O3S/c1-25(13-17-9-11-18(31-3)12-10-17)15-19(28)20-21(24)27(23(30)26(2)22(20)29)14-16-7-5-4-6-8-16/h4-12H,13-15,24H2,1-3H3/p+1. The van der Waals surface area contributed by atoms with Crippen LogP contribution in [0.3, 0.4) is 0 Å². The normalized spacial score (nSPS) is 12.0. The Kier molecular flexibility index (Phi) is 7.14. The number of thioether (sulfide) groups is 1. The number of nitrogen functional groups attached to an aromatic ring is 1. The molecule has 2 aromatic carbocycles. The zero-order valence-corrected chi connectivity index (χ0v) is 18.7. The van der Waals surface area contributed by atoms with Gasteiger partial charge < -0.3 is 10.6 Å². The summed E-state index contributed by atoms with van der Waals surface area (Å²) >= 11 is 1.67. The van der Waals surface area contributed by atoms with E-state index in [9.17, 15) is 14.4 Å². The first-order valence-electron chi connectivity index (χ1n) is 9.92. The van der Waals surface area contributed by atoms with E-state index in [2.05, 4.69) is 0 Å². The van der Waals surface area contributed by atoms with E-state index in [-0.39, 0.29) is 30.3 Å². The number of likely N-dealkylation sites (N-methyl/N-ethyl adjacent to an activating group) is 1. The van der Waals surface area contributed by atoms with Crippen LogP contribution in [-0.4, -0.2) is 34.8 Å². The zero-order valence-electron chi connectivity index (χ0n) is 17.9. The predicted molar refractivity (Wildman–Crippen MR) is 124 cm³/mol. The number of nitrogens with one attached hydrogen (secondary N) is 1. The summed E-state index contributed by atoms with van der Waals surface area (Å²) < 4.78 is 2.23. The van der Waals surface area contributed by atoms with E-state index >= 15 is 0 Å². The minimum absolute atomic E-state index is 0.0842. The summed E-state index contributed by atoms with van der Waals surface area (Å²) in [6, 6.07) is 17.5. The van der Waals surface area contributed by atoms with Crippen LogP contribution in [0.5, 0.6) is 0 Å². The summed E-state index contributed by atoms with van der Waals surface area (Å²) in [4.78, 5) is 40.5. The number of hydrogen-bond donors (Lipinski definition) is 2. The van der Waals surface area contributed by atoms with Crippen molar-refractivity contribution >= 4 is 23.4 Å². The van der Waals surface area contributed by atoms with Crippen molar-refractivity contribution in [1.82, 2.24) is 9.13 Å². The second-order valence-corrected chi connectivity index (χ2v) is 8.44. The van der Waals surface area contributed by atoms with Crippen molar-refractivity contribution in [3.63, 3.8) is 0 Å². The van der Waals surface area contributed by atoms with E-state index < -0.39 is 11.2 Å². The van der Waals surface area contributed by atoms with Crippen LogP contribution in [-0.2, 0) is 20.1 Å². The average molecular weight is 440 g/mol. The Bertz CT molecular complexity index is 1180. The van der Waals surface area contributed by atoms with Gasteiger partial charge in [-0.25, -0.2) is 4.79 Å². The molecule has 1 aromatic heterocycles. The van der Waals surface area contributed by atoms with Gasteiger partial charge in [0.15, 0.2) is 0 Å². The molecule has 0 aliphatic heterocycles. The van der Waals surface area contributed by atoms with E-state index in [1.807, 2.05) is 67.9 Å². The van der Waals surface area contributed by atoms with E-state index in [1.165, 1.54) is 16.5 Å². The molecule has 0 aliphatic carbocycles. The van der Waals surface area contributed by atoms with Crippen molar-refractivity contribution in [3.05, 3.63) is 92.1 Å². The molecule has 7 nitrogen and oxygen atoms in total. The molecule has 3 aromatic rings. The first-order chi connectivity index (χ1) is 14.8. The first-order valence-corrected chi connectivity index (χ1v) is 11.1. The largest absolute Gasteiger partial charge is 0.384 e. The van der Waals surface area contributed by atoms with Crippen molar-refractivity contribution < 1.29 is 9.69 Å². The molecule has 1 heterocycles. The number of aromatic nitrogens is 2. The number of nitrogens with zero attached hydrogens (tertiary/aromatic N) is 2. The molecule has 8 heteroatoms. The van der Waals surface area contributed by atoms with Crippen molar-refractivity contribution in [2.75, 3.05) is 25.6 Å². The summed E-state index contributed by atoms with van der Waals surface area (Å²) in [5, 5.41) is 0. The highest BCUT2D eigenvalue weighted by Gasteiger charge is 2.24. The Morgan fingerprint density at radius 1 is 1.03 bits per heavy atom. The highest BCUT2D eigenvalue weighted by molar-refractivity contribution is 7.98. The lowest BCUT2D eigenvalue weighted by atomic mass is 10.1. The summed E-state index contributed by atoms with van der Waals surface area (Å²) in [5.74, 6) is -0.461. The van der Waals surface area contributed by atoms with Crippen LogP contribution in [0.2, 0.25) is 0 Å². The predicted octanol–water partition coefficient (Wildman–Crippen LogP) is 0.797. The van der Waals surface area contributed by atoms with Gasteiger partial charge in [-0.3, -0.25) is 18.7 Å². The Hall–Kier alpha value is -3.10. The number of nitrogens with two attached hydrogens (primary N) is 1. The van der Waals surface area contributed by atoms with Crippen molar-refractivity contribution in [1.29, 1.82) is 0 Å². The molecule has 0 bridgehead atoms. The minimum atomic E-state index is -0.658. The molecular formula is C23H27N4O3S+. The number of rotatable bonds is 8. The summed E-state index contributed by atoms with van der Waals surface area (Å²) in [7, 11) is 3.26. The van der Waals surface area contributed by atoms with Gasteiger partial charge in [-0.05, 0) is 24.0 Å². The molecule has 3 rings (SSSR count). The lowest BCUT2D eigenvalue weighted by Gasteiger charge is -2.17. The molecule has 3 N–H and O–H groups in total. The van der Waals surface area contributed by atoms with Crippen LogP contribution < -0.4 is 21.9 Å². The van der Waals surface area contributed by atoms with Crippen molar-refractivity contribution in [2.45, 2.75) is 18.0 Å². The Morgan fingerprint density at radius 3 is 2.29 bits per heavy atom. The third-order valence-electron chi connectivity index (χ3n) is 5.17. The fourth-order valence-electron chi connectivity index (χ4n) is 3.48. The second-order valence-electron chi connectivity index (χ2n) is 7.56. The van der Waals surface area contributed by atoms with Gasteiger partial charge in [0.1, 0.15) is 24.5 Å². The molecule has 0 aliphatic rings. The molecule has 0 saturated heterocycles. The Balaban J connectivity index is 1.85.